The van der Waals surface area contributed by atoms with Crippen LogP contribution in [-0.2, 0) is 26.2 Å². The van der Waals surface area contributed by atoms with Crippen LogP contribution in [0.25, 0.3) is 0 Å². The Hall–Kier alpha value is -2.69. The third kappa shape index (κ3) is 7.68. The summed E-state index contributed by atoms with van der Waals surface area (Å²) in [5, 5.41) is 3.53. The van der Waals surface area contributed by atoms with E-state index in [-0.39, 0.29) is 37.7 Å². The minimum Gasteiger partial charge on any atom is -0.486 e. The largest absolute Gasteiger partial charge is 0.486 e. The summed E-state index contributed by atoms with van der Waals surface area (Å²) in [6.07, 6.45) is 1.80. The smallest absolute Gasteiger partial charge is 0.242 e. The van der Waals surface area contributed by atoms with Gasteiger partial charge in [-0.05, 0) is 49.6 Å². The fourth-order valence-corrected chi connectivity index (χ4v) is 5.52. The average molecular weight is 587 g/mol. The molecule has 0 radical (unpaired) electrons. The van der Waals surface area contributed by atoms with Gasteiger partial charge in [0.15, 0.2) is 11.5 Å². The van der Waals surface area contributed by atoms with Crippen molar-refractivity contribution in [1.29, 1.82) is 0 Å². The van der Waals surface area contributed by atoms with E-state index >= 15 is 0 Å². The monoisotopic (exact) mass is 585 g/mol. The van der Waals surface area contributed by atoms with E-state index in [0.29, 0.717) is 53.4 Å². The molecule has 1 aliphatic rings. The summed E-state index contributed by atoms with van der Waals surface area (Å²) in [5.74, 6) is 0.499. The lowest BCUT2D eigenvalue weighted by Gasteiger charge is -2.31. The Morgan fingerprint density at radius 3 is 2.37 bits per heavy atom. The Bertz CT molecular complexity index is 1260. The standard InChI is InChI=1S/C26H33Cl2N3O6S/c1-4-22(26(33)29-5-2)30(17-18-8-10-20(27)21(28)15-18)25(32)7-6-12-31(38(3,34)35)19-9-11-23-24(16-19)37-14-13-36-23/h8-11,15-16,22H,4-7,12-14,17H2,1-3H3,(H,29,33)/t22-/m0/s1. The minimum atomic E-state index is -3.64. The van der Waals surface area contributed by atoms with Crippen LogP contribution in [0.4, 0.5) is 5.69 Å². The van der Waals surface area contributed by atoms with Crippen LogP contribution in [-0.4, -0.2) is 63.7 Å². The second-order valence-corrected chi connectivity index (χ2v) is 11.6. The first-order valence-corrected chi connectivity index (χ1v) is 15.0. The molecule has 0 aromatic heterocycles. The van der Waals surface area contributed by atoms with Gasteiger partial charge in [-0.2, -0.15) is 0 Å². The molecule has 2 aromatic carbocycles. The number of sulfonamides is 1. The molecule has 0 unspecified atom stereocenters. The van der Waals surface area contributed by atoms with Gasteiger partial charge in [0, 0.05) is 32.1 Å². The summed E-state index contributed by atoms with van der Waals surface area (Å²) in [6, 6.07) is 9.32. The molecule has 208 valence electrons. The molecule has 1 N–H and O–H groups in total. The summed E-state index contributed by atoms with van der Waals surface area (Å²) in [4.78, 5) is 27.7. The first-order valence-electron chi connectivity index (χ1n) is 12.4. The molecule has 0 aliphatic carbocycles. The average Bonchev–Trinajstić information content (AvgIpc) is 2.87. The highest BCUT2D eigenvalue weighted by atomic mass is 35.5. The number of amides is 2. The molecule has 2 aromatic rings. The lowest BCUT2D eigenvalue weighted by molar-refractivity contribution is -0.141. The van der Waals surface area contributed by atoms with Gasteiger partial charge in [-0.25, -0.2) is 8.42 Å². The van der Waals surface area contributed by atoms with Crippen molar-refractivity contribution < 1.29 is 27.5 Å². The molecule has 1 aliphatic heterocycles. The summed E-state index contributed by atoms with van der Waals surface area (Å²) in [6.45, 7) is 5.12. The topological polar surface area (TPSA) is 105 Å². The number of ether oxygens (including phenoxy) is 2. The van der Waals surface area contributed by atoms with E-state index in [4.69, 9.17) is 32.7 Å². The van der Waals surface area contributed by atoms with Crippen molar-refractivity contribution in [3.8, 4) is 11.5 Å². The van der Waals surface area contributed by atoms with Crippen LogP contribution in [0, 0.1) is 0 Å². The van der Waals surface area contributed by atoms with Crippen molar-refractivity contribution in [2.24, 2.45) is 0 Å². The highest BCUT2D eigenvalue weighted by Crippen LogP contribution is 2.35. The molecule has 9 nitrogen and oxygen atoms in total. The highest BCUT2D eigenvalue weighted by Gasteiger charge is 2.29. The van der Waals surface area contributed by atoms with Crippen LogP contribution >= 0.6 is 23.2 Å². The lowest BCUT2D eigenvalue weighted by atomic mass is 10.1. The summed E-state index contributed by atoms with van der Waals surface area (Å²) >= 11 is 12.2. The van der Waals surface area contributed by atoms with Gasteiger partial charge in [0.1, 0.15) is 19.3 Å². The van der Waals surface area contributed by atoms with Crippen LogP contribution in [0.2, 0.25) is 10.0 Å². The quantitative estimate of drug-likeness (QED) is 0.399. The summed E-state index contributed by atoms with van der Waals surface area (Å²) < 4.78 is 37.6. The van der Waals surface area contributed by atoms with Gasteiger partial charge in [0.25, 0.3) is 0 Å². The number of hydrogen-bond acceptors (Lipinski definition) is 6. The molecule has 12 heteroatoms. The molecule has 0 saturated heterocycles. The van der Waals surface area contributed by atoms with Crippen molar-refractivity contribution in [3.63, 3.8) is 0 Å². The number of hydrogen-bond donors (Lipinski definition) is 1. The highest BCUT2D eigenvalue weighted by molar-refractivity contribution is 7.92. The zero-order valence-corrected chi connectivity index (χ0v) is 24.0. The van der Waals surface area contributed by atoms with Gasteiger partial charge in [0.05, 0.1) is 22.0 Å². The van der Waals surface area contributed by atoms with Crippen LogP contribution in [0.3, 0.4) is 0 Å². The van der Waals surface area contributed by atoms with Crippen molar-refractivity contribution in [2.75, 3.05) is 36.9 Å². The fourth-order valence-electron chi connectivity index (χ4n) is 4.24. The van der Waals surface area contributed by atoms with Crippen LogP contribution in [0.15, 0.2) is 36.4 Å². The lowest BCUT2D eigenvalue weighted by Crippen LogP contribution is -2.49. The number of carbonyl (C=O) groups excluding carboxylic acids is 2. The molecule has 1 atom stereocenters. The number of nitrogens with zero attached hydrogens (tertiary/aromatic N) is 2. The first kappa shape index (κ1) is 29.9. The SMILES string of the molecule is CCNC(=O)[C@H](CC)N(Cc1ccc(Cl)c(Cl)c1)C(=O)CCCN(c1ccc2c(c1)OCCO2)S(C)(=O)=O. The Kier molecular flexibility index (Phi) is 10.5. The molecule has 2 amide bonds. The molecule has 3 rings (SSSR count). The third-order valence-electron chi connectivity index (χ3n) is 6.04. The van der Waals surface area contributed by atoms with Crippen molar-refractivity contribution >= 4 is 50.7 Å². The maximum Gasteiger partial charge on any atom is 0.242 e. The van der Waals surface area contributed by atoms with E-state index in [2.05, 4.69) is 5.32 Å². The van der Waals surface area contributed by atoms with Crippen LogP contribution in [0.1, 0.15) is 38.7 Å². The minimum absolute atomic E-state index is 0.0355. The number of halogens is 2. The van der Waals surface area contributed by atoms with Gasteiger partial charge < -0.3 is 19.7 Å². The Morgan fingerprint density at radius 1 is 1.03 bits per heavy atom. The van der Waals surface area contributed by atoms with Crippen LogP contribution in [0.5, 0.6) is 11.5 Å². The molecule has 0 bridgehead atoms. The molecule has 0 saturated carbocycles. The van der Waals surface area contributed by atoms with E-state index in [9.17, 15) is 18.0 Å². The molecular formula is C26H33Cl2N3O6S. The summed E-state index contributed by atoms with van der Waals surface area (Å²) in [5.41, 5.74) is 1.15. The van der Waals surface area contributed by atoms with Crippen LogP contribution < -0.4 is 19.1 Å². The number of rotatable bonds is 12. The third-order valence-corrected chi connectivity index (χ3v) is 7.97. The number of benzene rings is 2. The van der Waals surface area contributed by atoms with Gasteiger partial charge in [-0.15, -0.1) is 0 Å². The first-order chi connectivity index (χ1) is 18.0. The zero-order chi connectivity index (χ0) is 27.9. The maximum absolute atomic E-state index is 13.5. The van der Waals surface area contributed by atoms with E-state index in [1.54, 1.807) is 36.4 Å². The van der Waals surface area contributed by atoms with Crippen molar-refractivity contribution in [2.45, 2.75) is 45.7 Å². The van der Waals surface area contributed by atoms with Gasteiger partial charge in [0.2, 0.25) is 21.8 Å². The van der Waals surface area contributed by atoms with Gasteiger partial charge >= 0.3 is 0 Å². The Morgan fingerprint density at radius 2 is 1.74 bits per heavy atom. The van der Waals surface area contributed by atoms with Gasteiger partial charge in [-0.3, -0.25) is 13.9 Å². The zero-order valence-electron chi connectivity index (χ0n) is 21.7. The van der Waals surface area contributed by atoms with Crippen molar-refractivity contribution in [3.05, 3.63) is 52.0 Å². The number of carbonyl (C=O) groups is 2. The number of anilines is 1. The predicted molar refractivity (Wildman–Crippen MR) is 149 cm³/mol. The molecule has 1 heterocycles. The molecule has 38 heavy (non-hydrogen) atoms. The van der Waals surface area contributed by atoms with E-state index in [0.717, 1.165) is 11.8 Å². The normalized spacial score (nSPS) is 13.5. The van der Waals surface area contributed by atoms with Crippen molar-refractivity contribution in [1.82, 2.24) is 10.2 Å². The number of fused-ring (bicyclic) bond motifs is 1. The molecule has 0 spiro atoms. The summed E-state index contributed by atoms with van der Waals surface area (Å²) in [7, 11) is -3.64. The molecular weight excluding hydrogens is 553 g/mol. The van der Waals surface area contributed by atoms with E-state index < -0.39 is 16.1 Å². The second kappa shape index (κ2) is 13.4. The Labute approximate surface area is 234 Å². The number of likely N-dealkylation sites (N-methyl/N-ethyl adjacent to an activating group) is 1. The number of nitrogens with one attached hydrogen (secondary N) is 1. The molecule has 0 fully saturated rings. The fraction of sp³-hybridized carbons (Fsp3) is 0.462. The predicted octanol–water partition coefficient (Wildman–Crippen LogP) is 4.25. The van der Waals surface area contributed by atoms with E-state index in [1.807, 2.05) is 13.8 Å². The maximum atomic E-state index is 13.5. The van der Waals surface area contributed by atoms with Gasteiger partial charge in [-0.1, -0.05) is 36.2 Å². The second-order valence-electron chi connectivity index (χ2n) is 8.86. The van der Waals surface area contributed by atoms with E-state index in [1.165, 1.54) is 9.21 Å². The Balaban J connectivity index is 1.77.